The minimum absolute atomic E-state index is 0.197. The van der Waals surface area contributed by atoms with Gasteiger partial charge in [0.2, 0.25) is 5.95 Å². The molecule has 4 rings (SSSR count). The first-order valence-corrected chi connectivity index (χ1v) is 11.3. The van der Waals surface area contributed by atoms with Gasteiger partial charge in [0.15, 0.2) is 0 Å². The molecule has 0 radical (unpaired) electrons. The zero-order chi connectivity index (χ0) is 22.5. The smallest absolute Gasteiger partial charge is 0.270 e. The summed E-state index contributed by atoms with van der Waals surface area (Å²) in [5, 5.41) is 10.9. The summed E-state index contributed by atoms with van der Waals surface area (Å²) in [5.41, 5.74) is 4.50. The Balaban J connectivity index is 1.52. The lowest BCUT2D eigenvalue weighted by atomic mass is 10.1. The van der Waals surface area contributed by atoms with Crippen LogP contribution in [0.2, 0.25) is 0 Å². The van der Waals surface area contributed by atoms with Crippen molar-refractivity contribution in [3.05, 3.63) is 53.0 Å². The Kier molecular flexibility index (Phi) is 6.78. The lowest BCUT2D eigenvalue weighted by Gasteiger charge is -2.22. The molecule has 1 aliphatic heterocycles. The molecule has 1 aliphatic rings. The molecule has 1 amide bonds. The van der Waals surface area contributed by atoms with Gasteiger partial charge in [-0.3, -0.25) is 4.79 Å². The van der Waals surface area contributed by atoms with Crippen LogP contribution in [0.5, 0.6) is 0 Å². The number of benzene rings is 1. The second-order valence-corrected chi connectivity index (χ2v) is 8.64. The van der Waals surface area contributed by atoms with E-state index in [4.69, 9.17) is 9.61 Å². The molecule has 0 spiro atoms. The van der Waals surface area contributed by atoms with Crippen LogP contribution in [0, 0.1) is 6.92 Å². The van der Waals surface area contributed by atoms with E-state index in [0.717, 1.165) is 42.8 Å². The predicted octanol–water partition coefficient (Wildman–Crippen LogP) is 4.27. The van der Waals surface area contributed by atoms with E-state index in [1.54, 1.807) is 6.07 Å². The Hall–Kier alpha value is -3.29. The van der Waals surface area contributed by atoms with Crippen LogP contribution in [-0.4, -0.2) is 39.3 Å². The first kappa shape index (κ1) is 21.9. The third-order valence-electron chi connectivity index (χ3n) is 5.75. The zero-order valence-corrected chi connectivity index (χ0v) is 19.0. The van der Waals surface area contributed by atoms with Gasteiger partial charge in [0.1, 0.15) is 17.1 Å². The van der Waals surface area contributed by atoms with E-state index in [9.17, 15) is 4.79 Å². The van der Waals surface area contributed by atoms with Crippen molar-refractivity contribution in [2.24, 2.45) is 0 Å². The van der Waals surface area contributed by atoms with Crippen LogP contribution in [0.3, 0.4) is 0 Å². The van der Waals surface area contributed by atoms with Crippen molar-refractivity contribution in [2.45, 2.75) is 58.9 Å². The number of aromatic nitrogens is 4. The fourth-order valence-electron chi connectivity index (χ4n) is 3.78. The van der Waals surface area contributed by atoms with Crippen LogP contribution in [0.1, 0.15) is 72.9 Å². The van der Waals surface area contributed by atoms with E-state index in [-0.39, 0.29) is 18.4 Å². The van der Waals surface area contributed by atoms with Gasteiger partial charge < -0.3 is 10.2 Å². The van der Waals surface area contributed by atoms with Gasteiger partial charge in [-0.25, -0.2) is 14.6 Å². The monoisotopic (exact) mass is 434 g/mol. The van der Waals surface area contributed by atoms with Crippen molar-refractivity contribution >= 4 is 11.9 Å². The maximum absolute atomic E-state index is 13.0. The van der Waals surface area contributed by atoms with Gasteiger partial charge in [0, 0.05) is 24.3 Å². The van der Waals surface area contributed by atoms with Crippen LogP contribution in [0.15, 0.2) is 35.0 Å². The molecule has 1 N–H and O–H groups in total. The van der Waals surface area contributed by atoms with Crippen molar-refractivity contribution in [2.75, 3.05) is 18.0 Å². The molecule has 168 valence electrons. The summed E-state index contributed by atoms with van der Waals surface area (Å²) in [6, 6.07) is 9.72. The van der Waals surface area contributed by atoms with Gasteiger partial charge in [-0.1, -0.05) is 61.7 Å². The van der Waals surface area contributed by atoms with Crippen molar-refractivity contribution < 1.29 is 9.42 Å². The molecule has 8 heteroatoms. The second-order valence-electron chi connectivity index (χ2n) is 8.64. The molecule has 2 aromatic heterocycles. The van der Waals surface area contributed by atoms with E-state index in [1.165, 1.54) is 12.8 Å². The molecule has 1 fully saturated rings. The molecule has 1 aromatic carbocycles. The van der Waals surface area contributed by atoms with E-state index < -0.39 is 0 Å². The maximum atomic E-state index is 13.0. The van der Waals surface area contributed by atoms with Gasteiger partial charge in [-0.2, -0.15) is 0 Å². The number of hydrogen-bond acceptors (Lipinski definition) is 7. The summed E-state index contributed by atoms with van der Waals surface area (Å²) in [6.07, 6.45) is 4.70. The van der Waals surface area contributed by atoms with Crippen LogP contribution in [0.4, 0.5) is 5.95 Å². The van der Waals surface area contributed by atoms with E-state index in [1.807, 2.05) is 31.2 Å². The van der Waals surface area contributed by atoms with E-state index in [2.05, 4.69) is 39.4 Å². The van der Waals surface area contributed by atoms with Crippen molar-refractivity contribution in [1.29, 1.82) is 0 Å². The zero-order valence-electron chi connectivity index (χ0n) is 19.0. The molecular weight excluding hydrogens is 404 g/mol. The summed E-state index contributed by atoms with van der Waals surface area (Å²) in [6.45, 7) is 8.22. The molecule has 3 aromatic rings. The minimum Gasteiger partial charge on any atom is -0.345 e. The molecular formula is C24H30N6O2. The van der Waals surface area contributed by atoms with Gasteiger partial charge in [0.25, 0.3) is 5.91 Å². The minimum atomic E-state index is -0.261. The van der Waals surface area contributed by atoms with Crippen LogP contribution < -0.4 is 10.2 Å². The number of amides is 1. The standard InChI is InChI=1S/C24H30N6O2/c1-16(2)19-14-20(27-24(26-19)30-12-6-4-5-7-13-30)23(31)25-15-21-22(29-32-28-21)18-10-8-17(3)9-11-18/h8-11,14,16H,4-7,12-13,15H2,1-3H3,(H,25,31). The van der Waals surface area contributed by atoms with Gasteiger partial charge in [-0.05, 0) is 36.9 Å². The number of carbonyl (C=O) groups is 1. The Morgan fingerprint density at radius 1 is 1.06 bits per heavy atom. The molecule has 0 bridgehead atoms. The highest BCUT2D eigenvalue weighted by Crippen LogP contribution is 2.22. The number of carbonyl (C=O) groups excluding carboxylic acids is 1. The predicted molar refractivity (Wildman–Crippen MR) is 122 cm³/mol. The number of nitrogens with one attached hydrogen (secondary N) is 1. The van der Waals surface area contributed by atoms with Gasteiger partial charge >= 0.3 is 0 Å². The molecule has 0 unspecified atom stereocenters. The Morgan fingerprint density at radius 2 is 1.78 bits per heavy atom. The Bertz CT molecular complexity index is 1050. The Labute approximate surface area is 188 Å². The highest BCUT2D eigenvalue weighted by molar-refractivity contribution is 5.92. The number of rotatable bonds is 6. The van der Waals surface area contributed by atoms with Crippen LogP contribution in [0.25, 0.3) is 11.3 Å². The fraction of sp³-hybridized carbons (Fsp3) is 0.458. The van der Waals surface area contributed by atoms with Gasteiger partial charge in [-0.15, -0.1) is 0 Å². The highest BCUT2D eigenvalue weighted by Gasteiger charge is 2.20. The van der Waals surface area contributed by atoms with Gasteiger partial charge in [0.05, 0.1) is 6.54 Å². The topological polar surface area (TPSA) is 97.0 Å². The lowest BCUT2D eigenvalue weighted by molar-refractivity contribution is 0.0944. The number of nitrogens with zero attached hydrogens (tertiary/aromatic N) is 5. The maximum Gasteiger partial charge on any atom is 0.270 e. The lowest BCUT2D eigenvalue weighted by Crippen LogP contribution is -2.29. The summed E-state index contributed by atoms with van der Waals surface area (Å²) in [5.74, 6) is 0.582. The SMILES string of the molecule is Cc1ccc(-c2nonc2CNC(=O)c2cc(C(C)C)nc(N3CCCCCC3)n2)cc1. The summed E-state index contributed by atoms with van der Waals surface area (Å²) in [7, 11) is 0. The summed E-state index contributed by atoms with van der Waals surface area (Å²) < 4.78 is 4.95. The first-order valence-electron chi connectivity index (χ1n) is 11.3. The number of hydrogen-bond donors (Lipinski definition) is 1. The number of aryl methyl sites for hydroxylation is 1. The second kappa shape index (κ2) is 9.89. The third kappa shape index (κ3) is 5.12. The third-order valence-corrected chi connectivity index (χ3v) is 5.75. The Morgan fingerprint density at radius 3 is 2.47 bits per heavy atom. The van der Waals surface area contributed by atoms with Crippen LogP contribution >= 0.6 is 0 Å². The van der Waals surface area contributed by atoms with E-state index in [0.29, 0.717) is 23.0 Å². The van der Waals surface area contributed by atoms with Crippen molar-refractivity contribution in [1.82, 2.24) is 25.6 Å². The van der Waals surface area contributed by atoms with Crippen molar-refractivity contribution in [3.8, 4) is 11.3 Å². The molecule has 8 nitrogen and oxygen atoms in total. The van der Waals surface area contributed by atoms with E-state index >= 15 is 0 Å². The normalized spacial score (nSPS) is 14.4. The quantitative estimate of drug-likeness (QED) is 0.619. The molecule has 1 saturated heterocycles. The molecule has 32 heavy (non-hydrogen) atoms. The summed E-state index contributed by atoms with van der Waals surface area (Å²) in [4.78, 5) is 24.6. The molecule has 0 atom stereocenters. The average molecular weight is 435 g/mol. The molecule has 0 saturated carbocycles. The van der Waals surface area contributed by atoms with Crippen LogP contribution in [-0.2, 0) is 6.54 Å². The largest absolute Gasteiger partial charge is 0.345 e. The first-order chi connectivity index (χ1) is 15.5. The van der Waals surface area contributed by atoms with Crippen molar-refractivity contribution in [3.63, 3.8) is 0 Å². The highest BCUT2D eigenvalue weighted by atomic mass is 16.6. The average Bonchev–Trinajstić information content (AvgIpc) is 3.09. The molecule has 3 heterocycles. The molecule has 0 aliphatic carbocycles. The number of anilines is 1. The summed E-state index contributed by atoms with van der Waals surface area (Å²) >= 11 is 0. The fourth-order valence-corrected chi connectivity index (χ4v) is 3.78.